The highest BCUT2D eigenvalue weighted by Gasteiger charge is 2.14. The second-order valence-corrected chi connectivity index (χ2v) is 5.30. The van der Waals surface area contributed by atoms with E-state index in [1.54, 1.807) is 11.8 Å². The first-order valence-corrected chi connectivity index (χ1v) is 7.20. The summed E-state index contributed by atoms with van der Waals surface area (Å²) < 4.78 is 11.1. The number of thioether (sulfide) groups is 1. The van der Waals surface area contributed by atoms with E-state index in [1.165, 1.54) is 0 Å². The van der Waals surface area contributed by atoms with Crippen LogP contribution < -0.4 is 0 Å². The van der Waals surface area contributed by atoms with Crippen molar-refractivity contribution in [2.75, 3.05) is 25.6 Å². The van der Waals surface area contributed by atoms with E-state index in [1.807, 2.05) is 24.3 Å². The Morgan fingerprint density at radius 2 is 2.33 bits per heavy atom. The van der Waals surface area contributed by atoms with Gasteiger partial charge in [0.1, 0.15) is 6.07 Å². The summed E-state index contributed by atoms with van der Waals surface area (Å²) in [5, 5.41) is 8.95. The van der Waals surface area contributed by atoms with E-state index < -0.39 is 0 Å². The lowest BCUT2D eigenvalue weighted by molar-refractivity contribution is 0.0226. The molecule has 0 amide bonds. The zero-order chi connectivity index (χ0) is 12.6. The molecule has 0 aliphatic carbocycles. The molecule has 18 heavy (non-hydrogen) atoms. The SMILES string of the molecule is N#Cc1ccccc1SCCOC[C@@H]1CCCO1. The molecule has 0 saturated carbocycles. The number of hydrogen-bond acceptors (Lipinski definition) is 4. The van der Waals surface area contributed by atoms with E-state index in [0.717, 1.165) is 35.7 Å². The normalized spacial score (nSPS) is 18.7. The van der Waals surface area contributed by atoms with Gasteiger partial charge in [0.15, 0.2) is 0 Å². The molecule has 0 N–H and O–H groups in total. The summed E-state index contributed by atoms with van der Waals surface area (Å²) >= 11 is 1.67. The summed E-state index contributed by atoms with van der Waals surface area (Å²) in [6.45, 7) is 2.27. The van der Waals surface area contributed by atoms with Crippen LogP contribution in [0.25, 0.3) is 0 Å². The summed E-state index contributed by atoms with van der Waals surface area (Å²) in [5.41, 5.74) is 0.738. The maximum Gasteiger partial charge on any atom is 0.100 e. The Hall–Kier alpha value is -1.02. The molecule has 1 aliphatic heterocycles. The van der Waals surface area contributed by atoms with Crippen LogP contribution in [0.1, 0.15) is 18.4 Å². The lowest BCUT2D eigenvalue weighted by Gasteiger charge is -2.10. The maximum atomic E-state index is 8.95. The summed E-state index contributed by atoms with van der Waals surface area (Å²) in [6.07, 6.45) is 2.56. The van der Waals surface area contributed by atoms with Gasteiger partial charge in [0, 0.05) is 17.3 Å². The molecule has 0 spiro atoms. The Labute approximate surface area is 112 Å². The Kier molecular flexibility index (Phi) is 5.53. The first kappa shape index (κ1) is 13.4. The van der Waals surface area contributed by atoms with E-state index >= 15 is 0 Å². The Morgan fingerprint density at radius 1 is 1.44 bits per heavy atom. The predicted octanol–water partition coefficient (Wildman–Crippen LogP) is 2.85. The van der Waals surface area contributed by atoms with Crippen LogP contribution in [-0.2, 0) is 9.47 Å². The summed E-state index contributed by atoms with van der Waals surface area (Å²) in [5.74, 6) is 0.866. The van der Waals surface area contributed by atoms with E-state index in [9.17, 15) is 0 Å². The van der Waals surface area contributed by atoms with Crippen molar-refractivity contribution >= 4 is 11.8 Å². The average molecular weight is 263 g/mol. The molecular weight excluding hydrogens is 246 g/mol. The average Bonchev–Trinajstić information content (AvgIpc) is 2.92. The minimum absolute atomic E-state index is 0.293. The van der Waals surface area contributed by atoms with Gasteiger partial charge in [0.2, 0.25) is 0 Å². The third-order valence-corrected chi connectivity index (χ3v) is 3.86. The van der Waals surface area contributed by atoms with Crippen LogP contribution in [0.4, 0.5) is 0 Å². The number of hydrogen-bond donors (Lipinski definition) is 0. The van der Waals surface area contributed by atoms with Gasteiger partial charge in [-0.05, 0) is 25.0 Å². The number of ether oxygens (including phenoxy) is 2. The molecule has 1 aliphatic rings. The van der Waals surface area contributed by atoms with Crippen LogP contribution in [0.2, 0.25) is 0 Å². The molecule has 1 aromatic rings. The molecule has 0 radical (unpaired) electrons. The highest BCUT2D eigenvalue weighted by atomic mass is 32.2. The van der Waals surface area contributed by atoms with E-state index in [4.69, 9.17) is 14.7 Å². The van der Waals surface area contributed by atoms with Crippen LogP contribution in [0.15, 0.2) is 29.2 Å². The molecule has 2 rings (SSSR count). The van der Waals surface area contributed by atoms with Crippen LogP contribution in [0, 0.1) is 11.3 Å². The van der Waals surface area contributed by atoms with Crippen LogP contribution in [0.5, 0.6) is 0 Å². The van der Waals surface area contributed by atoms with Gasteiger partial charge in [-0.15, -0.1) is 11.8 Å². The van der Waals surface area contributed by atoms with Crippen molar-refractivity contribution in [2.24, 2.45) is 0 Å². The molecule has 1 heterocycles. The number of rotatable bonds is 6. The van der Waals surface area contributed by atoms with E-state index in [-0.39, 0.29) is 0 Å². The van der Waals surface area contributed by atoms with Crippen LogP contribution >= 0.6 is 11.8 Å². The Balaban J connectivity index is 1.64. The number of benzene rings is 1. The Bertz CT molecular complexity index is 411. The molecule has 96 valence electrons. The third-order valence-electron chi connectivity index (χ3n) is 2.82. The van der Waals surface area contributed by atoms with E-state index in [2.05, 4.69) is 6.07 Å². The largest absolute Gasteiger partial charge is 0.378 e. The molecule has 1 aromatic carbocycles. The standard InChI is InChI=1S/C14H17NO2S/c15-10-12-4-1-2-6-14(12)18-9-8-16-11-13-5-3-7-17-13/h1-2,4,6,13H,3,5,7-9,11H2/t13-/m0/s1. The summed E-state index contributed by atoms with van der Waals surface area (Å²) in [4.78, 5) is 1.03. The van der Waals surface area contributed by atoms with Gasteiger partial charge in [-0.1, -0.05) is 12.1 Å². The number of nitriles is 1. The lowest BCUT2D eigenvalue weighted by atomic mass is 10.2. The second kappa shape index (κ2) is 7.42. The van der Waals surface area contributed by atoms with Gasteiger partial charge in [-0.25, -0.2) is 0 Å². The molecule has 0 bridgehead atoms. The topological polar surface area (TPSA) is 42.2 Å². The Morgan fingerprint density at radius 3 is 3.11 bits per heavy atom. The molecule has 1 fully saturated rings. The minimum atomic E-state index is 0.293. The van der Waals surface area contributed by atoms with Gasteiger partial charge in [-0.3, -0.25) is 0 Å². The summed E-state index contributed by atoms with van der Waals surface area (Å²) in [6, 6.07) is 9.86. The van der Waals surface area contributed by atoms with Gasteiger partial charge < -0.3 is 9.47 Å². The fourth-order valence-corrected chi connectivity index (χ4v) is 2.75. The van der Waals surface area contributed by atoms with Crippen molar-refractivity contribution in [3.05, 3.63) is 29.8 Å². The smallest absolute Gasteiger partial charge is 0.100 e. The zero-order valence-corrected chi connectivity index (χ0v) is 11.1. The minimum Gasteiger partial charge on any atom is -0.378 e. The van der Waals surface area contributed by atoms with Gasteiger partial charge in [-0.2, -0.15) is 5.26 Å². The van der Waals surface area contributed by atoms with Crippen LogP contribution in [-0.4, -0.2) is 31.7 Å². The molecule has 0 unspecified atom stereocenters. The van der Waals surface area contributed by atoms with Crippen molar-refractivity contribution in [2.45, 2.75) is 23.8 Å². The summed E-state index contributed by atoms with van der Waals surface area (Å²) in [7, 11) is 0. The second-order valence-electron chi connectivity index (χ2n) is 4.17. The van der Waals surface area contributed by atoms with Crippen molar-refractivity contribution in [1.29, 1.82) is 5.26 Å². The van der Waals surface area contributed by atoms with Gasteiger partial charge in [0.05, 0.1) is 24.9 Å². The van der Waals surface area contributed by atoms with Crippen molar-refractivity contribution in [3.63, 3.8) is 0 Å². The predicted molar refractivity (Wildman–Crippen MR) is 71.7 cm³/mol. The lowest BCUT2D eigenvalue weighted by Crippen LogP contribution is -2.15. The molecule has 4 heteroatoms. The van der Waals surface area contributed by atoms with Crippen molar-refractivity contribution in [1.82, 2.24) is 0 Å². The van der Waals surface area contributed by atoms with Gasteiger partial charge in [0.25, 0.3) is 0 Å². The molecule has 1 saturated heterocycles. The fourth-order valence-electron chi connectivity index (χ4n) is 1.89. The first-order valence-electron chi connectivity index (χ1n) is 6.21. The van der Waals surface area contributed by atoms with Crippen LogP contribution in [0.3, 0.4) is 0 Å². The number of nitrogens with zero attached hydrogens (tertiary/aromatic N) is 1. The fraction of sp³-hybridized carbons (Fsp3) is 0.500. The van der Waals surface area contributed by atoms with Crippen molar-refractivity contribution < 1.29 is 9.47 Å². The van der Waals surface area contributed by atoms with Gasteiger partial charge >= 0.3 is 0 Å². The highest BCUT2D eigenvalue weighted by Crippen LogP contribution is 2.21. The molecular formula is C14H17NO2S. The third kappa shape index (κ3) is 4.02. The highest BCUT2D eigenvalue weighted by molar-refractivity contribution is 7.99. The van der Waals surface area contributed by atoms with E-state index in [0.29, 0.717) is 19.3 Å². The molecule has 3 nitrogen and oxygen atoms in total. The molecule has 0 aromatic heterocycles. The quantitative estimate of drug-likeness (QED) is 0.584. The first-order chi connectivity index (χ1) is 8.90. The molecule has 1 atom stereocenters. The maximum absolute atomic E-state index is 8.95. The monoisotopic (exact) mass is 263 g/mol. The zero-order valence-electron chi connectivity index (χ0n) is 10.3. The van der Waals surface area contributed by atoms with Crippen molar-refractivity contribution in [3.8, 4) is 6.07 Å².